The van der Waals surface area contributed by atoms with Crippen molar-refractivity contribution in [3.63, 3.8) is 0 Å². The summed E-state index contributed by atoms with van der Waals surface area (Å²) in [6.45, 7) is 6.09. The molecule has 6 heteroatoms. The summed E-state index contributed by atoms with van der Waals surface area (Å²) in [5, 5.41) is 2.95. The second-order valence-electron chi connectivity index (χ2n) is 7.08. The Morgan fingerprint density at radius 3 is 3.00 bits per heavy atom. The molecular weight excluding hydrogens is 308 g/mol. The van der Waals surface area contributed by atoms with Crippen molar-refractivity contribution in [2.75, 3.05) is 13.3 Å². The van der Waals surface area contributed by atoms with Crippen molar-refractivity contribution in [3.05, 3.63) is 23.8 Å². The molecule has 3 aliphatic heterocycles. The number of benzene rings is 1. The Hall–Kier alpha value is -1.79. The van der Waals surface area contributed by atoms with Crippen LogP contribution < -0.4 is 14.8 Å². The van der Waals surface area contributed by atoms with Crippen molar-refractivity contribution in [2.45, 2.75) is 57.5 Å². The lowest BCUT2D eigenvalue weighted by Gasteiger charge is -2.23. The third kappa shape index (κ3) is 2.96. The summed E-state index contributed by atoms with van der Waals surface area (Å²) in [7, 11) is 0. The van der Waals surface area contributed by atoms with Crippen LogP contribution in [-0.2, 0) is 16.1 Å². The number of likely N-dealkylation sites (tertiary alicyclic amines) is 1. The van der Waals surface area contributed by atoms with E-state index in [9.17, 15) is 4.79 Å². The van der Waals surface area contributed by atoms with E-state index in [1.807, 2.05) is 19.9 Å². The van der Waals surface area contributed by atoms with Gasteiger partial charge in [-0.15, -0.1) is 0 Å². The molecule has 0 aliphatic carbocycles. The van der Waals surface area contributed by atoms with Crippen LogP contribution in [0.25, 0.3) is 0 Å². The van der Waals surface area contributed by atoms with E-state index in [4.69, 9.17) is 14.2 Å². The van der Waals surface area contributed by atoms with Crippen LogP contribution >= 0.6 is 0 Å². The van der Waals surface area contributed by atoms with E-state index in [1.165, 1.54) is 5.56 Å². The molecule has 24 heavy (non-hydrogen) atoms. The van der Waals surface area contributed by atoms with Gasteiger partial charge in [0.25, 0.3) is 0 Å². The van der Waals surface area contributed by atoms with Crippen LogP contribution in [0.15, 0.2) is 18.2 Å². The SMILES string of the molecule is CC(C)NC(=O)[C@@H]1C[C@@H]2[C@@H](CCN2Cc2ccc3c(c2)OCO3)O1. The van der Waals surface area contributed by atoms with Gasteiger partial charge >= 0.3 is 0 Å². The fourth-order valence-corrected chi connectivity index (χ4v) is 3.85. The second-order valence-corrected chi connectivity index (χ2v) is 7.08. The number of rotatable bonds is 4. The fraction of sp³-hybridized carbons (Fsp3) is 0.611. The molecule has 3 atom stereocenters. The molecule has 0 radical (unpaired) electrons. The molecule has 2 saturated heterocycles. The van der Waals surface area contributed by atoms with Gasteiger partial charge in [0.1, 0.15) is 6.10 Å². The first-order valence-electron chi connectivity index (χ1n) is 8.68. The molecule has 1 aromatic carbocycles. The minimum atomic E-state index is -0.318. The maximum atomic E-state index is 12.2. The Labute approximate surface area is 142 Å². The number of hydrogen-bond donors (Lipinski definition) is 1. The summed E-state index contributed by atoms with van der Waals surface area (Å²) in [6.07, 6.45) is 1.61. The Morgan fingerprint density at radius 2 is 2.17 bits per heavy atom. The van der Waals surface area contributed by atoms with Gasteiger partial charge in [-0.2, -0.15) is 0 Å². The molecule has 0 unspecified atom stereocenters. The van der Waals surface area contributed by atoms with Crippen LogP contribution in [0.3, 0.4) is 0 Å². The number of nitrogens with one attached hydrogen (secondary N) is 1. The van der Waals surface area contributed by atoms with E-state index in [1.54, 1.807) is 0 Å². The predicted octanol–water partition coefficient (Wildman–Crippen LogP) is 1.67. The van der Waals surface area contributed by atoms with Crippen molar-refractivity contribution in [2.24, 2.45) is 0 Å². The van der Waals surface area contributed by atoms with E-state index in [0.717, 1.165) is 37.4 Å². The topological polar surface area (TPSA) is 60.0 Å². The van der Waals surface area contributed by atoms with Gasteiger partial charge in [0.15, 0.2) is 11.5 Å². The molecule has 1 N–H and O–H groups in total. The van der Waals surface area contributed by atoms with Crippen LogP contribution in [0.2, 0.25) is 0 Å². The van der Waals surface area contributed by atoms with E-state index in [-0.39, 0.29) is 24.2 Å². The highest BCUT2D eigenvalue weighted by atomic mass is 16.7. The standard InChI is InChI=1S/C18H24N2O4/c1-11(2)19-18(21)17-8-13-14(24-17)5-6-20(13)9-12-3-4-15-16(7-12)23-10-22-15/h3-4,7,11,13-14,17H,5-6,8-10H2,1-2H3,(H,19,21)/t13-,14-,17+/m1/s1. The molecule has 4 rings (SSSR count). The lowest BCUT2D eigenvalue weighted by atomic mass is 10.1. The van der Waals surface area contributed by atoms with Gasteiger partial charge in [-0.1, -0.05) is 6.07 Å². The average Bonchev–Trinajstić information content (AvgIpc) is 3.22. The number of carbonyl (C=O) groups is 1. The molecule has 0 aromatic heterocycles. The molecule has 0 saturated carbocycles. The van der Waals surface area contributed by atoms with Gasteiger partial charge in [0.05, 0.1) is 6.10 Å². The molecule has 3 heterocycles. The number of nitrogens with zero attached hydrogens (tertiary/aromatic N) is 1. The number of carbonyl (C=O) groups excluding carboxylic acids is 1. The molecular formula is C18H24N2O4. The minimum Gasteiger partial charge on any atom is -0.454 e. The quantitative estimate of drug-likeness (QED) is 0.909. The van der Waals surface area contributed by atoms with Gasteiger partial charge in [-0.25, -0.2) is 0 Å². The Morgan fingerprint density at radius 1 is 1.33 bits per heavy atom. The Bertz CT molecular complexity index is 633. The second kappa shape index (κ2) is 6.26. The van der Waals surface area contributed by atoms with Gasteiger partial charge in [0.2, 0.25) is 12.7 Å². The van der Waals surface area contributed by atoms with Crippen LogP contribution in [0.1, 0.15) is 32.3 Å². The zero-order valence-corrected chi connectivity index (χ0v) is 14.2. The average molecular weight is 332 g/mol. The molecule has 130 valence electrons. The zero-order chi connectivity index (χ0) is 16.7. The van der Waals surface area contributed by atoms with Gasteiger partial charge in [-0.3, -0.25) is 9.69 Å². The molecule has 0 spiro atoms. The van der Waals surface area contributed by atoms with Crippen molar-refractivity contribution in [3.8, 4) is 11.5 Å². The van der Waals surface area contributed by atoms with E-state index in [0.29, 0.717) is 12.8 Å². The Balaban J connectivity index is 1.40. The monoisotopic (exact) mass is 332 g/mol. The number of ether oxygens (including phenoxy) is 3. The van der Waals surface area contributed by atoms with Crippen molar-refractivity contribution in [1.82, 2.24) is 10.2 Å². The first-order chi connectivity index (χ1) is 11.6. The van der Waals surface area contributed by atoms with E-state index < -0.39 is 0 Å². The molecule has 2 fully saturated rings. The predicted molar refractivity (Wildman–Crippen MR) is 87.9 cm³/mol. The number of fused-ring (bicyclic) bond motifs is 2. The van der Waals surface area contributed by atoms with Gasteiger partial charge in [0, 0.05) is 31.6 Å². The maximum Gasteiger partial charge on any atom is 0.249 e. The summed E-state index contributed by atoms with van der Waals surface area (Å²) in [5.41, 5.74) is 1.20. The first-order valence-corrected chi connectivity index (χ1v) is 8.68. The molecule has 3 aliphatic rings. The lowest BCUT2D eigenvalue weighted by molar-refractivity contribution is -0.132. The number of hydrogen-bond acceptors (Lipinski definition) is 5. The lowest BCUT2D eigenvalue weighted by Crippen LogP contribution is -2.39. The van der Waals surface area contributed by atoms with E-state index >= 15 is 0 Å². The highest BCUT2D eigenvalue weighted by Crippen LogP contribution is 2.36. The third-order valence-electron chi connectivity index (χ3n) is 4.94. The van der Waals surface area contributed by atoms with Crippen molar-refractivity contribution in [1.29, 1.82) is 0 Å². The van der Waals surface area contributed by atoms with Crippen LogP contribution in [0.4, 0.5) is 0 Å². The summed E-state index contributed by atoms with van der Waals surface area (Å²) in [6, 6.07) is 6.56. The maximum absolute atomic E-state index is 12.2. The molecule has 1 amide bonds. The fourth-order valence-electron chi connectivity index (χ4n) is 3.85. The van der Waals surface area contributed by atoms with Gasteiger partial charge in [-0.05, 0) is 38.0 Å². The van der Waals surface area contributed by atoms with Crippen LogP contribution in [-0.4, -0.2) is 48.4 Å². The highest BCUT2D eigenvalue weighted by Gasteiger charge is 2.45. The molecule has 0 bridgehead atoms. The van der Waals surface area contributed by atoms with Crippen molar-refractivity contribution < 1.29 is 19.0 Å². The minimum absolute atomic E-state index is 0.0161. The van der Waals surface area contributed by atoms with E-state index in [2.05, 4.69) is 22.3 Å². The summed E-state index contributed by atoms with van der Waals surface area (Å²) < 4.78 is 16.8. The smallest absolute Gasteiger partial charge is 0.249 e. The highest BCUT2D eigenvalue weighted by molar-refractivity contribution is 5.81. The zero-order valence-electron chi connectivity index (χ0n) is 14.2. The normalized spacial score (nSPS) is 28.4. The molecule has 1 aromatic rings. The van der Waals surface area contributed by atoms with Crippen LogP contribution in [0.5, 0.6) is 11.5 Å². The van der Waals surface area contributed by atoms with Crippen LogP contribution in [0, 0.1) is 0 Å². The summed E-state index contributed by atoms with van der Waals surface area (Å²) >= 11 is 0. The Kier molecular flexibility index (Phi) is 4.10. The first kappa shape index (κ1) is 15.7. The molecule has 6 nitrogen and oxygen atoms in total. The van der Waals surface area contributed by atoms with Crippen molar-refractivity contribution >= 4 is 5.91 Å². The summed E-state index contributed by atoms with van der Waals surface area (Å²) in [4.78, 5) is 14.6. The third-order valence-corrected chi connectivity index (χ3v) is 4.94. The van der Waals surface area contributed by atoms with Gasteiger partial charge < -0.3 is 19.5 Å². The summed E-state index contributed by atoms with van der Waals surface area (Å²) in [5.74, 6) is 1.65. The number of amides is 1. The largest absolute Gasteiger partial charge is 0.454 e.